The molecule has 0 unspecified atom stereocenters. The molecule has 0 aliphatic heterocycles. The van der Waals surface area contributed by atoms with Gasteiger partial charge in [0.25, 0.3) is 0 Å². The number of carbonyl (C=O) groups excluding carboxylic acids is 2. The molecule has 3 rings (SSSR count). The van der Waals surface area contributed by atoms with E-state index in [0.29, 0.717) is 11.7 Å². The summed E-state index contributed by atoms with van der Waals surface area (Å²) in [5.74, 6) is -0.433. The van der Waals surface area contributed by atoms with Crippen molar-refractivity contribution in [3.8, 4) is 5.75 Å². The third kappa shape index (κ3) is 4.17. The van der Waals surface area contributed by atoms with Gasteiger partial charge in [0.2, 0.25) is 0 Å². The Morgan fingerprint density at radius 1 is 1.20 bits per heavy atom. The van der Waals surface area contributed by atoms with E-state index in [1.807, 2.05) is 13.1 Å². The van der Waals surface area contributed by atoms with Crippen molar-refractivity contribution in [2.75, 3.05) is 5.32 Å². The van der Waals surface area contributed by atoms with Crippen LogP contribution in [0.5, 0.6) is 5.75 Å². The number of rotatable bonds is 4. The lowest BCUT2D eigenvalue weighted by atomic mass is 10.0. The van der Waals surface area contributed by atoms with Gasteiger partial charge in [0.1, 0.15) is 5.75 Å². The van der Waals surface area contributed by atoms with Gasteiger partial charge in [-0.05, 0) is 30.5 Å². The Morgan fingerprint density at radius 2 is 1.88 bits per heavy atom. The first-order chi connectivity index (χ1) is 12.0. The van der Waals surface area contributed by atoms with Crippen molar-refractivity contribution in [1.82, 2.24) is 15.1 Å². The van der Waals surface area contributed by atoms with Crippen LogP contribution in [0.4, 0.5) is 5.82 Å². The molecule has 0 spiro atoms. The molecule has 2 aromatic rings. The van der Waals surface area contributed by atoms with Gasteiger partial charge in [-0.15, -0.1) is 0 Å². The minimum atomic E-state index is -0.741. The van der Waals surface area contributed by atoms with Crippen molar-refractivity contribution in [1.29, 1.82) is 0 Å². The average molecular weight is 342 g/mol. The van der Waals surface area contributed by atoms with Crippen LogP contribution >= 0.6 is 0 Å². The molecule has 1 aliphatic rings. The molecule has 0 bridgehead atoms. The Labute approximate surface area is 146 Å². The fourth-order valence-corrected chi connectivity index (χ4v) is 3.20. The van der Waals surface area contributed by atoms with E-state index in [2.05, 4.69) is 15.7 Å². The van der Waals surface area contributed by atoms with Crippen molar-refractivity contribution in [2.45, 2.75) is 38.1 Å². The first-order valence-electron chi connectivity index (χ1n) is 8.44. The first kappa shape index (κ1) is 17.0. The molecule has 7 heteroatoms. The van der Waals surface area contributed by atoms with E-state index in [-0.39, 0.29) is 12.3 Å². The summed E-state index contributed by atoms with van der Waals surface area (Å²) in [6.45, 7) is 0.210. The summed E-state index contributed by atoms with van der Waals surface area (Å²) in [7, 11) is 1.86. The lowest BCUT2D eigenvalue weighted by Gasteiger charge is -2.07. The molecule has 7 nitrogen and oxygen atoms in total. The molecule has 1 aliphatic carbocycles. The normalized spacial score (nSPS) is 14.4. The third-order valence-corrected chi connectivity index (χ3v) is 4.53. The van der Waals surface area contributed by atoms with Crippen LogP contribution in [0.2, 0.25) is 0 Å². The van der Waals surface area contributed by atoms with E-state index >= 15 is 0 Å². The summed E-state index contributed by atoms with van der Waals surface area (Å²) in [5, 5.41) is 18.6. The number of aromatic hydroxyl groups is 1. The Morgan fingerprint density at radius 3 is 2.56 bits per heavy atom. The highest BCUT2D eigenvalue weighted by Gasteiger charge is 2.22. The topological polar surface area (TPSA) is 96.2 Å². The highest BCUT2D eigenvalue weighted by molar-refractivity contribution is 6.39. The molecular weight excluding hydrogens is 320 g/mol. The van der Waals surface area contributed by atoms with E-state index in [1.165, 1.54) is 25.0 Å². The maximum atomic E-state index is 12.0. The quantitative estimate of drug-likeness (QED) is 0.741. The van der Waals surface area contributed by atoms with Crippen molar-refractivity contribution in [2.24, 2.45) is 7.05 Å². The summed E-state index contributed by atoms with van der Waals surface area (Å²) in [6, 6.07) is 8.27. The van der Waals surface area contributed by atoms with Crippen molar-refractivity contribution >= 4 is 17.6 Å². The number of aryl methyl sites for hydroxylation is 1. The number of benzene rings is 1. The Bertz CT molecular complexity index is 761. The highest BCUT2D eigenvalue weighted by atomic mass is 16.3. The molecule has 132 valence electrons. The largest absolute Gasteiger partial charge is 0.508 e. The zero-order valence-corrected chi connectivity index (χ0v) is 14.2. The van der Waals surface area contributed by atoms with Gasteiger partial charge in [0.05, 0.1) is 0 Å². The fourth-order valence-electron chi connectivity index (χ4n) is 3.20. The average Bonchev–Trinajstić information content (AvgIpc) is 3.23. The van der Waals surface area contributed by atoms with Gasteiger partial charge < -0.3 is 15.7 Å². The minimum absolute atomic E-state index is 0.154. The van der Waals surface area contributed by atoms with Gasteiger partial charge in [-0.3, -0.25) is 14.3 Å². The van der Waals surface area contributed by atoms with Gasteiger partial charge >= 0.3 is 11.8 Å². The molecule has 0 atom stereocenters. The van der Waals surface area contributed by atoms with Crippen molar-refractivity contribution in [3.05, 3.63) is 41.6 Å². The SMILES string of the molecule is Cn1nc(NC(=O)C(=O)NCc2ccc(O)cc2)cc1C1CCCC1. The monoisotopic (exact) mass is 342 g/mol. The summed E-state index contributed by atoms with van der Waals surface area (Å²) >= 11 is 0. The summed E-state index contributed by atoms with van der Waals surface area (Å²) in [6.07, 6.45) is 4.72. The number of amides is 2. The van der Waals surface area contributed by atoms with Crippen LogP contribution in [0.25, 0.3) is 0 Å². The lowest BCUT2D eigenvalue weighted by Crippen LogP contribution is -2.35. The molecule has 3 N–H and O–H groups in total. The second kappa shape index (κ2) is 7.38. The van der Waals surface area contributed by atoms with Crippen LogP contribution in [-0.4, -0.2) is 26.7 Å². The van der Waals surface area contributed by atoms with Crippen LogP contribution in [0, 0.1) is 0 Å². The summed E-state index contributed by atoms with van der Waals surface area (Å²) < 4.78 is 1.78. The second-order valence-corrected chi connectivity index (χ2v) is 6.36. The maximum Gasteiger partial charge on any atom is 0.314 e. The molecule has 1 saturated carbocycles. The van der Waals surface area contributed by atoms with Crippen molar-refractivity contribution in [3.63, 3.8) is 0 Å². The van der Waals surface area contributed by atoms with Gasteiger partial charge in [-0.25, -0.2) is 0 Å². The number of hydrogen-bond donors (Lipinski definition) is 3. The Hall–Kier alpha value is -2.83. The van der Waals surface area contributed by atoms with Crippen molar-refractivity contribution < 1.29 is 14.7 Å². The molecule has 2 amide bonds. The van der Waals surface area contributed by atoms with E-state index < -0.39 is 11.8 Å². The minimum Gasteiger partial charge on any atom is -0.508 e. The molecule has 25 heavy (non-hydrogen) atoms. The van der Waals surface area contributed by atoms with Gasteiger partial charge in [-0.2, -0.15) is 5.10 Å². The number of phenols is 1. The zero-order chi connectivity index (χ0) is 17.8. The van der Waals surface area contributed by atoms with E-state index in [0.717, 1.165) is 24.1 Å². The molecule has 0 saturated heterocycles. The third-order valence-electron chi connectivity index (χ3n) is 4.53. The summed E-state index contributed by atoms with van der Waals surface area (Å²) in [4.78, 5) is 23.9. The number of nitrogens with zero attached hydrogens (tertiary/aromatic N) is 2. The van der Waals surface area contributed by atoms with Gasteiger partial charge in [-0.1, -0.05) is 25.0 Å². The lowest BCUT2D eigenvalue weighted by molar-refractivity contribution is -0.136. The predicted molar refractivity (Wildman–Crippen MR) is 93.0 cm³/mol. The molecule has 0 radical (unpaired) electrons. The maximum absolute atomic E-state index is 12.0. The predicted octanol–water partition coefficient (Wildman–Crippen LogP) is 2.04. The summed E-state index contributed by atoms with van der Waals surface area (Å²) in [5.41, 5.74) is 1.89. The van der Waals surface area contributed by atoms with Crippen LogP contribution in [0.15, 0.2) is 30.3 Å². The molecular formula is C18H22N4O3. The standard InChI is InChI=1S/C18H22N4O3/c1-22-15(13-4-2-3-5-13)10-16(21-22)20-18(25)17(24)19-11-12-6-8-14(23)9-7-12/h6-10,13,23H,2-5,11H2,1H3,(H,19,24)(H,20,21,25). The van der Waals surface area contributed by atoms with Gasteiger partial charge in [0, 0.05) is 31.3 Å². The van der Waals surface area contributed by atoms with E-state index in [1.54, 1.807) is 16.8 Å². The van der Waals surface area contributed by atoms with Crippen LogP contribution in [0.1, 0.15) is 42.9 Å². The number of aromatic nitrogens is 2. The number of anilines is 1. The Kier molecular flexibility index (Phi) is 5.02. The number of carbonyl (C=O) groups is 2. The van der Waals surface area contributed by atoms with E-state index in [9.17, 15) is 14.7 Å². The molecule has 1 aromatic heterocycles. The fraction of sp³-hybridized carbons (Fsp3) is 0.389. The molecule has 1 heterocycles. The molecule has 1 aromatic carbocycles. The number of nitrogens with one attached hydrogen (secondary N) is 2. The van der Waals surface area contributed by atoms with Crippen LogP contribution < -0.4 is 10.6 Å². The second-order valence-electron chi connectivity index (χ2n) is 6.36. The highest BCUT2D eigenvalue weighted by Crippen LogP contribution is 2.34. The smallest absolute Gasteiger partial charge is 0.314 e. The number of hydrogen-bond acceptors (Lipinski definition) is 4. The molecule has 1 fully saturated rings. The van der Waals surface area contributed by atoms with Crippen LogP contribution in [-0.2, 0) is 23.2 Å². The zero-order valence-electron chi connectivity index (χ0n) is 14.2. The number of phenolic OH excluding ortho intramolecular Hbond substituents is 1. The van der Waals surface area contributed by atoms with Crippen LogP contribution in [0.3, 0.4) is 0 Å². The van der Waals surface area contributed by atoms with E-state index in [4.69, 9.17) is 0 Å². The first-order valence-corrected chi connectivity index (χ1v) is 8.44. The Balaban J connectivity index is 1.55. The van der Waals surface area contributed by atoms with Gasteiger partial charge in [0.15, 0.2) is 5.82 Å².